The molecular weight excluding hydrogens is 274 g/mol. The third kappa shape index (κ3) is 2.76. The summed E-state index contributed by atoms with van der Waals surface area (Å²) in [5.74, 6) is 2.45. The van der Waals surface area contributed by atoms with Crippen LogP contribution in [0.15, 0.2) is 23.1 Å². The van der Waals surface area contributed by atoms with Crippen molar-refractivity contribution in [1.82, 2.24) is 0 Å². The first-order valence-electron chi connectivity index (χ1n) is 7.09. The van der Waals surface area contributed by atoms with Crippen molar-refractivity contribution < 1.29 is 8.42 Å². The molecule has 2 saturated carbocycles. The quantitative estimate of drug-likeness (QED) is 0.737. The highest BCUT2D eigenvalue weighted by Crippen LogP contribution is 2.48. The molecule has 3 atom stereocenters. The normalized spacial score (nSPS) is 28.8. The predicted octanol–water partition coefficient (Wildman–Crippen LogP) is 1.76. The van der Waals surface area contributed by atoms with E-state index in [-0.39, 0.29) is 4.90 Å². The zero-order valence-corrected chi connectivity index (χ0v) is 12.2. The minimum absolute atomic E-state index is 0.0629. The first-order valence-corrected chi connectivity index (χ1v) is 8.63. The second-order valence-corrected chi connectivity index (χ2v) is 7.71. The number of hydrogen-bond acceptors (Lipinski definition) is 4. The van der Waals surface area contributed by atoms with E-state index in [1.54, 1.807) is 12.1 Å². The summed E-state index contributed by atoms with van der Waals surface area (Å²) in [6.45, 7) is 0.884. The number of nitrogen functional groups attached to an aromatic ring is 1. The summed E-state index contributed by atoms with van der Waals surface area (Å²) < 4.78 is 22.8. The molecule has 2 fully saturated rings. The van der Waals surface area contributed by atoms with Crippen molar-refractivity contribution in [2.75, 3.05) is 17.6 Å². The van der Waals surface area contributed by atoms with Crippen LogP contribution in [0.5, 0.6) is 0 Å². The van der Waals surface area contributed by atoms with Gasteiger partial charge in [0.2, 0.25) is 10.0 Å². The van der Waals surface area contributed by atoms with Gasteiger partial charge in [-0.25, -0.2) is 13.6 Å². The van der Waals surface area contributed by atoms with Crippen LogP contribution in [0.4, 0.5) is 11.4 Å². The Hall–Kier alpha value is -1.27. The predicted molar refractivity (Wildman–Crippen MR) is 79.7 cm³/mol. The Morgan fingerprint density at radius 3 is 2.60 bits per heavy atom. The van der Waals surface area contributed by atoms with Crippen LogP contribution in [0, 0.1) is 17.8 Å². The molecule has 3 rings (SSSR count). The fourth-order valence-corrected chi connectivity index (χ4v) is 4.36. The molecule has 0 amide bonds. The molecule has 2 aliphatic rings. The maximum atomic E-state index is 11.4. The molecule has 1 aromatic rings. The van der Waals surface area contributed by atoms with Gasteiger partial charge in [-0.2, -0.15) is 0 Å². The molecule has 0 heterocycles. The minimum Gasteiger partial charge on any atom is -0.399 e. The number of nitrogens with two attached hydrogens (primary N) is 2. The van der Waals surface area contributed by atoms with Gasteiger partial charge in [0.1, 0.15) is 0 Å². The van der Waals surface area contributed by atoms with Crippen molar-refractivity contribution in [2.24, 2.45) is 22.9 Å². The van der Waals surface area contributed by atoms with Gasteiger partial charge in [0.05, 0.1) is 4.90 Å². The van der Waals surface area contributed by atoms with E-state index in [4.69, 9.17) is 10.9 Å². The Morgan fingerprint density at radius 1 is 1.20 bits per heavy atom. The van der Waals surface area contributed by atoms with Crippen LogP contribution < -0.4 is 16.2 Å². The van der Waals surface area contributed by atoms with Gasteiger partial charge in [-0.15, -0.1) is 0 Å². The number of fused-ring (bicyclic) bond motifs is 2. The fourth-order valence-electron chi connectivity index (χ4n) is 3.76. The second-order valence-electron chi connectivity index (χ2n) is 6.15. The Balaban J connectivity index is 1.70. The number of anilines is 2. The van der Waals surface area contributed by atoms with E-state index < -0.39 is 10.0 Å². The van der Waals surface area contributed by atoms with Crippen LogP contribution in [-0.4, -0.2) is 15.0 Å². The highest BCUT2D eigenvalue weighted by Gasteiger charge is 2.39. The summed E-state index contributed by atoms with van der Waals surface area (Å²) in [6, 6.07) is 4.69. The smallest absolute Gasteiger partial charge is 0.238 e. The summed E-state index contributed by atoms with van der Waals surface area (Å²) in [7, 11) is -3.71. The van der Waals surface area contributed by atoms with Gasteiger partial charge in [0.25, 0.3) is 0 Å². The average molecular weight is 295 g/mol. The van der Waals surface area contributed by atoms with Crippen molar-refractivity contribution in [1.29, 1.82) is 0 Å². The molecule has 0 aliphatic heterocycles. The Kier molecular flexibility index (Phi) is 3.38. The Bertz CT molecular complexity index is 615. The van der Waals surface area contributed by atoms with E-state index in [0.717, 1.165) is 24.1 Å². The molecule has 0 spiro atoms. The van der Waals surface area contributed by atoms with Crippen molar-refractivity contribution in [3.05, 3.63) is 18.2 Å². The maximum Gasteiger partial charge on any atom is 0.238 e. The number of rotatable bonds is 4. The summed E-state index contributed by atoms with van der Waals surface area (Å²) in [6.07, 6.45) is 5.39. The Morgan fingerprint density at radius 2 is 2.00 bits per heavy atom. The number of nitrogens with one attached hydrogen (secondary N) is 1. The fraction of sp³-hybridized carbons (Fsp3) is 0.571. The van der Waals surface area contributed by atoms with E-state index in [2.05, 4.69) is 5.32 Å². The zero-order valence-electron chi connectivity index (χ0n) is 11.4. The van der Waals surface area contributed by atoms with E-state index in [1.807, 2.05) is 0 Å². The minimum atomic E-state index is -3.71. The molecule has 2 aliphatic carbocycles. The van der Waals surface area contributed by atoms with Crippen molar-refractivity contribution >= 4 is 21.4 Å². The van der Waals surface area contributed by atoms with Crippen LogP contribution in [0.3, 0.4) is 0 Å². The van der Waals surface area contributed by atoms with Crippen LogP contribution in [0.2, 0.25) is 0 Å². The van der Waals surface area contributed by atoms with E-state index in [1.165, 1.54) is 31.7 Å². The van der Waals surface area contributed by atoms with Gasteiger partial charge in [-0.1, -0.05) is 6.42 Å². The molecule has 6 heteroatoms. The standard InChI is InChI=1S/C14H21N3O2S/c15-12-5-13(7-14(6-12)20(16,18)19)17-8-11-4-9-1-2-10(11)3-9/h5-7,9-11,17H,1-4,8,15H2,(H2,16,18,19). The van der Waals surface area contributed by atoms with Crippen LogP contribution >= 0.6 is 0 Å². The lowest BCUT2D eigenvalue weighted by Crippen LogP contribution is -2.20. The third-order valence-corrected chi connectivity index (χ3v) is 5.60. The number of hydrogen-bond donors (Lipinski definition) is 3. The lowest BCUT2D eigenvalue weighted by Gasteiger charge is -2.22. The molecule has 5 N–H and O–H groups in total. The summed E-state index contributed by atoms with van der Waals surface area (Å²) in [5, 5.41) is 8.48. The molecule has 1 aromatic carbocycles. The van der Waals surface area contributed by atoms with E-state index in [9.17, 15) is 8.42 Å². The Labute approximate surface area is 119 Å². The van der Waals surface area contributed by atoms with Gasteiger partial charge in [0.15, 0.2) is 0 Å². The molecule has 5 nitrogen and oxygen atoms in total. The van der Waals surface area contributed by atoms with Crippen LogP contribution in [-0.2, 0) is 10.0 Å². The molecule has 0 saturated heterocycles. The highest BCUT2D eigenvalue weighted by molar-refractivity contribution is 7.89. The molecule has 20 heavy (non-hydrogen) atoms. The maximum absolute atomic E-state index is 11.4. The van der Waals surface area contributed by atoms with Gasteiger partial charge < -0.3 is 11.1 Å². The summed E-state index contributed by atoms with van der Waals surface area (Å²) >= 11 is 0. The molecule has 2 bridgehead atoms. The lowest BCUT2D eigenvalue weighted by molar-refractivity contribution is 0.348. The van der Waals surface area contributed by atoms with Crippen molar-refractivity contribution in [3.63, 3.8) is 0 Å². The SMILES string of the molecule is Nc1cc(NCC2CC3CCC2C3)cc(S(N)(=O)=O)c1. The number of benzene rings is 1. The van der Waals surface area contributed by atoms with Gasteiger partial charge in [0, 0.05) is 17.9 Å². The summed E-state index contributed by atoms with van der Waals surface area (Å²) in [4.78, 5) is 0.0629. The van der Waals surface area contributed by atoms with E-state index >= 15 is 0 Å². The third-order valence-electron chi connectivity index (χ3n) is 4.71. The zero-order chi connectivity index (χ0) is 14.3. The monoisotopic (exact) mass is 295 g/mol. The molecule has 3 unspecified atom stereocenters. The van der Waals surface area contributed by atoms with E-state index in [0.29, 0.717) is 11.6 Å². The van der Waals surface area contributed by atoms with Gasteiger partial charge in [-0.05, 0) is 55.2 Å². The molecule has 110 valence electrons. The molecular formula is C14H21N3O2S. The number of primary sulfonamides is 1. The molecule has 0 aromatic heterocycles. The second kappa shape index (κ2) is 4.93. The van der Waals surface area contributed by atoms with Gasteiger partial charge >= 0.3 is 0 Å². The van der Waals surface area contributed by atoms with Crippen LogP contribution in [0.1, 0.15) is 25.7 Å². The molecule has 0 radical (unpaired) electrons. The largest absolute Gasteiger partial charge is 0.399 e. The number of sulfonamides is 1. The summed E-state index contributed by atoms with van der Waals surface area (Å²) in [5.41, 5.74) is 6.88. The van der Waals surface area contributed by atoms with Gasteiger partial charge in [-0.3, -0.25) is 0 Å². The van der Waals surface area contributed by atoms with Crippen molar-refractivity contribution in [3.8, 4) is 0 Å². The highest BCUT2D eigenvalue weighted by atomic mass is 32.2. The first-order chi connectivity index (χ1) is 9.41. The van der Waals surface area contributed by atoms with Crippen LogP contribution in [0.25, 0.3) is 0 Å². The topological polar surface area (TPSA) is 98.2 Å². The average Bonchev–Trinajstić information content (AvgIpc) is 2.96. The first kappa shape index (κ1) is 13.7. The van der Waals surface area contributed by atoms with Crippen molar-refractivity contribution in [2.45, 2.75) is 30.6 Å². The lowest BCUT2D eigenvalue weighted by atomic mass is 9.89.